The van der Waals surface area contributed by atoms with Gasteiger partial charge in [-0.2, -0.15) is 0 Å². The predicted molar refractivity (Wildman–Crippen MR) is 117 cm³/mol. The second kappa shape index (κ2) is 8.02. The summed E-state index contributed by atoms with van der Waals surface area (Å²) in [6, 6.07) is 7.60. The van der Waals surface area contributed by atoms with Crippen molar-refractivity contribution < 1.29 is 14.3 Å². The molecule has 8 heteroatoms. The first-order chi connectivity index (χ1) is 14.3. The molecular weight excluding hydrogens is 400 g/mol. The summed E-state index contributed by atoms with van der Waals surface area (Å²) in [4.78, 5) is 36.1. The Kier molecular flexibility index (Phi) is 5.42. The van der Waals surface area contributed by atoms with Crippen LogP contribution in [0.3, 0.4) is 0 Å². The van der Waals surface area contributed by atoms with Gasteiger partial charge in [0.2, 0.25) is 5.91 Å². The standard InChI is InChI=1S/C22H24N4O3S/c1-22(2,3)29-21(28)26-12-16(17(13-26)20-24-9-10-30-20)19(27)25-18-6-4-5-14-11-23-8-7-15(14)18/h4-11,16-17H,12-13H2,1-3H3,(H,25,27)/t16-,17-/m0/s1. The van der Waals surface area contributed by atoms with E-state index in [4.69, 9.17) is 4.74 Å². The Morgan fingerprint density at radius 2 is 2.03 bits per heavy atom. The molecule has 0 aliphatic carbocycles. The number of pyridine rings is 1. The summed E-state index contributed by atoms with van der Waals surface area (Å²) in [6.45, 7) is 6.19. The van der Waals surface area contributed by atoms with Crippen LogP contribution in [0, 0.1) is 5.92 Å². The lowest BCUT2D eigenvalue weighted by Gasteiger charge is -2.24. The van der Waals surface area contributed by atoms with E-state index in [2.05, 4.69) is 15.3 Å². The SMILES string of the molecule is CC(C)(C)OC(=O)N1C[C@H](C(=O)Nc2cccc3cnccc23)[C@@H](c2nccs2)C1. The highest BCUT2D eigenvalue weighted by molar-refractivity contribution is 7.09. The highest BCUT2D eigenvalue weighted by atomic mass is 32.1. The zero-order valence-corrected chi connectivity index (χ0v) is 18.0. The van der Waals surface area contributed by atoms with Crippen LogP contribution >= 0.6 is 11.3 Å². The zero-order chi connectivity index (χ0) is 21.3. The summed E-state index contributed by atoms with van der Waals surface area (Å²) in [5.74, 6) is -0.722. The van der Waals surface area contributed by atoms with E-state index in [1.165, 1.54) is 11.3 Å². The summed E-state index contributed by atoms with van der Waals surface area (Å²) in [5, 5.41) is 7.67. The lowest BCUT2D eigenvalue weighted by molar-refractivity contribution is -0.119. The third-order valence-corrected chi connectivity index (χ3v) is 5.92. The first-order valence-corrected chi connectivity index (χ1v) is 10.7. The molecule has 1 aromatic carbocycles. The van der Waals surface area contributed by atoms with E-state index >= 15 is 0 Å². The van der Waals surface area contributed by atoms with Gasteiger partial charge in [-0.05, 0) is 32.9 Å². The second-order valence-electron chi connectivity index (χ2n) is 8.36. The van der Waals surface area contributed by atoms with Crippen LogP contribution in [-0.2, 0) is 9.53 Å². The maximum atomic E-state index is 13.3. The maximum Gasteiger partial charge on any atom is 0.410 e. The number of benzene rings is 1. The fraction of sp³-hybridized carbons (Fsp3) is 0.364. The Morgan fingerprint density at radius 1 is 1.20 bits per heavy atom. The Balaban J connectivity index is 1.58. The van der Waals surface area contributed by atoms with Gasteiger partial charge in [0.1, 0.15) is 5.60 Å². The smallest absolute Gasteiger partial charge is 0.410 e. The molecular formula is C22H24N4O3S. The van der Waals surface area contributed by atoms with Crippen molar-refractivity contribution in [2.45, 2.75) is 32.3 Å². The van der Waals surface area contributed by atoms with Crippen LogP contribution in [0.25, 0.3) is 10.8 Å². The van der Waals surface area contributed by atoms with Crippen molar-refractivity contribution in [1.29, 1.82) is 0 Å². The van der Waals surface area contributed by atoms with Crippen molar-refractivity contribution in [3.63, 3.8) is 0 Å². The van der Waals surface area contributed by atoms with E-state index in [1.807, 2.05) is 50.4 Å². The number of likely N-dealkylation sites (tertiary alicyclic amines) is 1. The number of fused-ring (bicyclic) bond motifs is 1. The number of nitrogens with one attached hydrogen (secondary N) is 1. The molecule has 0 spiro atoms. The molecule has 4 rings (SSSR count). The third-order valence-electron chi connectivity index (χ3n) is 5.02. The molecule has 1 saturated heterocycles. The average molecular weight is 425 g/mol. The van der Waals surface area contributed by atoms with Gasteiger partial charge in [-0.15, -0.1) is 11.3 Å². The number of ether oxygens (including phenoxy) is 1. The number of carbonyl (C=O) groups is 2. The van der Waals surface area contributed by atoms with Crippen LogP contribution in [0.15, 0.2) is 48.2 Å². The van der Waals surface area contributed by atoms with Crippen LogP contribution in [0.1, 0.15) is 31.7 Å². The summed E-state index contributed by atoms with van der Waals surface area (Å²) in [7, 11) is 0. The maximum absolute atomic E-state index is 13.3. The van der Waals surface area contributed by atoms with Crippen molar-refractivity contribution in [2.75, 3.05) is 18.4 Å². The molecule has 7 nitrogen and oxygen atoms in total. The molecule has 1 aliphatic rings. The van der Waals surface area contributed by atoms with Crippen LogP contribution in [0.5, 0.6) is 0 Å². The summed E-state index contributed by atoms with van der Waals surface area (Å²) in [6.07, 6.45) is 4.79. The van der Waals surface area contributed by atoms with Gasteiger partial charge in [0.25, 0.3) is 0 Å². The number of hydrogen-bond donors (Lipinski definition) is 1. The Labute approximate surface area is 179 Å². The van der Waals surface area contributed by atoms with Gasteiger partial charge in [0.15, 0.2) is 0 Å². The van der Waals surface area contributed by atoms with Gasteiger partial charge in [0, 0.05) is 59.4 Å². The van der Waals surface area contributed by atoms with Crippen molar-refractivity contribution in [3.8, 4) is 0 Å². The molecule has 1 fully saturated rings. The second-order valence-corrected chi connectivity index (χ2v) is 9.29. The van der Waals surface area contributed by atoms with Gasteiger partial charge >= 0.3 is 6.09 Å². The van der Waals surface area contributed by atoms with Crippen molar-refractivity contribution in [3.05, 3.63) is 53.2 Å². The number of nitrogens with zero attached hydrogens (tertiary/aromatic N) is 3. The molecule has 2 atom stereocenters. The molecule has 2 aromatic heterocycles. The van der Waals surface area contributed by atoms with Gasteiger partial charge in [-0.3, -0.25) is 9.78 Å². The number of rotatable bonds is 3. The van der Waals surface area contributed by atoms with E-state index in [1.54, 1.807) is 23.5 Å². The van der Waals surface area contributed by atoms with Gasteiger partial charge < -0.3 is 15.0 Å². The number of thiazole rings is 1. The summed E-state index contributed by atoms with van der Waals surface area (Å²) in [5.41, 5.74) is 0.138. The largest absolute Gasteiger partial charge is 0.444 e. The Morgan fingerprint density at radius 3 is 2.77 bits per heavy atom. The lowest BCUT2D eigenvalue weighted by atomic mass is 9.95. The Hall–Kier alpha value is -3.00. The molecule has 0 saturated carbocycles. The van der Waals surface area contributed by atoms with Crippen LogP contribution < -0.4 is 5.32 Å². The topological polar surface area (TPSA) is 84.4 Å². The molecule has 3 aromatic rings. The van der Waals surface area contributed by atoms with Crippen LogP contribution in [0.2, 0.25) is 0 Å². The predicted octanol–water partition coefficient (Wildman–Crippen LogP) is 4.28. The quantitative estimate of drug-likeness (QED) is 0.678. The fourth-order valence-electron chi connectivity index (χ4n) is 3.67. The third kappa shape index (κ3) is 4.28. The number of carbonyl (C=O) groups excluding carboxylic acids is 2. The number of hydrogen-bond acceptors (Lipinski definition) is 6. The minimum Gasteiger partial charge on any atom is -0.444 e. The fourth-order valence-corrected chi connectivity index (χ4v) is 4.47. The molecule has 0 unspecified atom stereocenters. The van der Waals surface area contributed by atoms with Crippen molar-refractivity contribution in [1.82, 2.24) is 14.9 Å². The molecule has 1 aliphatic heterocycles. The monoisotopic (exact) mass is 424 g/mol. The normalized spacial score (nSPS) is 19.1. The summed E-state index contributed by atoms with van der Waals surface area (Å²) < 4.78 is 5.52. The van der Waals surface area contributed by atoms with Gasteiger partial charge in [-0.25, -0.2) is 9.78 Å². The first kappa shape index (κ1) is 20.3. The van der Waals surface area contributed by atoms with Crippen molar-refractivity contribution in [2.24, 2.45) is 5.92 Å². The molecule has 0 radical (unpaired) electrons. The van der Waals surface area contributed by atoms with Gasteiger partial charge in [-0.1, -0.05) is 12.1 Å². The number of aromatic nitrogens is 2. The highest BCUT2D eigenvalue weighted by Crippen LogP contribution is 2.36. The summed E-state index contributed by atoms with van der Waals surface area (Å²) >= 11 is 1.50. The van der Waals surface area contributed by atoms with E-state index in [0.29, 0.717) is 6.54 Å². The van der Waals surface area contributed by atoms with E-state index < -0.39 is 17.6 Å². The Bertz CT molecular complexity index is 1060. The van der Waals surface area contributed by atoms with Gasteiger partial charge in [0.05, 0.1) is 10.9 Å². The molecule has 2 amide bonds. The minimum atomic E-state index is -0.592. The molecule has 3 heterocycles. The molecule has 156 valence electrons. The minimum absolute atomic E-state index is 0.134. The van der Waals surface area contributed by atoms with Crippen LogP contribution in [-0.4, -0.2) is 45.6 Å². The number of anilines is 1. The number of amides is 2. The van der Waals surface area contributed by atoms with E-state index in [9.17, 15) is 9.59 Å². The van der Waals surface area contributed by atoms with Crippen molar-refractivity contribution >= 4 is 39.8 Å². The molecule has 0 bridgehead atoms. The first-order valence-electron chi connectivity index (χ1n) is 9.83. The molecule has 1 N–H and O–H groups in total. The van der Waals surface area contributed by atoms with E-state index in [0.717, 1.165) is 21.5 Å². The van der Waals surface area contributed by atoms with E-state index in [-0.39, 0.29) is 18.4 Å². The molecule has 30 heavy (non-hydrogen) atoms. The highest BCUT2D eigenvalue weighted by Gasteiger charge is 2.43. The zero-order valence-electron chi connectivity index (χ0n) is 17.2. The lowest BCUT2D eigenvalue weighted by Crippen LogP contribution is -2.36. The average Bonchev–Trinajstić information content (AvgIpc) is 3.36. The van der Waals surface area contributed by atoms with Crippen LogP contribution in [0.4, 0.5) is 10.5 Å².